The van der Waals surface area contributed by atoms with Crippen molar-refractivity contribution in [2.75, 3.05) is 6.54 Å². The highest BCUT2D eigenvalue weighted by molar-refractivity contribution is 6.00. The molecule has 0 atom stereocenters. The zero-order valence-corrected chi connectivity index (χ0v) is 13.2. The van der Waals surface area contributed by atoms with E-state index in [0.29, 0.717) is 29.3 Å². The fourth-order valence-electron chi connectivity index (χ4n) is 2.37. The van der Waals surface area contributed by atoms with E-state index in [1.807, 2.05) is 56.3 Å². The van der Waals surface area contributed by atoms with Crippen molar-refractivity contribution in [1.82, 2.24) is 10.3 Å². The fourth-order valence-corrected chi connectivity index (χ4v) is 2.37. The Morgan fingerprint density at radius 2 is 1.87 bits per heavy atom. The predicted molar refractivity (Wildman–Crippen MR) is 90.1 cm³/mol. The van der Waals surface area contributed by atoms with Crippen molar-refractivity contribution in [2.45, 2.75) is 13.8 Å². The molecule has 4 nitrogen and oxygen atoms in total. The lowest BCUT2D eigenvalue weighted by Gasteiger charge is -2.06. The van der Waals surface area contributed by atoms with Crippen molar-refractivity contribution >= 4 is 5.91 Å². The van der Waals surface area contributed by atoms with Gasteiger partial charge in [-0.15, -0.1) is 0 Å². The molecule has 0 saturated carbocycles. The number of carbonyl (C=O) groups is 1. The molecule has 0 saturated heterocycles. The van der Waals surface area contributed by atoms with Crippen molar-refractivity contribution in [2.24, 2.45) is 0 Å². The third kappa shape index (κ3) is 3.16. The number of rotatable bonds is 4. The van der Waals surface area contributed by atoms with Crippen LogP contribution in [0.5, 0.6) is 0 Å². The molecule has 3 aromatic rings. The first-order chi connectivity index (χ1) is 11.2. The van der Waals surface area contributed by atoms with E-state index in [-0.39, 0.29) is 5.91 Å². The topological polar surface area (TPSA) is 55.1 Å². The van der Waals surface area contributed by atoms with E-state index in [2.05, 4.69) is 10.3 Å². The van der Waals surface area contributed by atoms with E-state index in [9.17, 15) is 4.79 Å². The van der Waals surface area contributed by atoms with E-state index in [1.165, 1.54) is 5.56 Å². The number of aryl methyl sites for hydroxylation is 1. The van der Waals surface area contributed by atoms with E-state index < -0.39 is 0 Å². The molecule has 0 bridgehead atoms. The van der Waals surface area contributed by atoms with Crippen LogP contribution in [0.15, 0.2) is 59.1 Å². The van der Waals surface area contributed by atoms with Gasteiger partial charge in [-0.05, 0) is 26.0 Å². The average molecular weight is 306 g/mol. The lowest BCUT2D eigenvalue weighted by atomic mass is 10.1. The van der Waals surface area contributed by atoms with Gasteiger partial charge < -0.3 is 9.73 Å². The minimum Gasteiger partial charge on any atom is -0.436 e. The number of amides is 1. The molecule has 3 rings (SSSR count). The SMILES string of the molecule is CCNC(=O)c1ccccc1-c1ncc(-c2ccc(C)cc2)o1. The monoisotopic (exact) mass is 306 g/mol. The molecule has 0 radical (unpaired) electrons. The Kier molecular flexibility index (Phi) is 4.24. The van der Waals surface area contributed by atoms with Gasteiger partial charge in [-0.2, -0.15) is 0 Å². The Labute approximate surface area is 135 Å². The first-order valence-corrected chi connectivity index (χ1v) is 7.59. The summed E-state index contributed by atoms with van der Waals surface area (Å²) in [5, 5.41) is 2.81. The summed E-state index contributed by atoms with van der Waals surface area (Å²) in [6.45, 7) is 4.51. The van der Waals surface area contributed by atoms with Crippen LogP contribution < -0.4 is 5.32 Å². The molecular formula is C19H18N2O2. The maximum Gasteiger partial charge on any atom is 0.252 e. The van der Waals surface area contributed by atoms with Crippen LogP contribution in [0.3, 0.4) is 0 Å². The summed E-state index contributed by atoms with van der Waals surface area (Å²) < 4.78 is 5.87. The summed E-state index contributed by atoms with van der Waals surface area (Å²) >= 11 is 0. The zero-order valence-electron chi connectivity index (χ0n) is 13.2. The molecule has 2 aromatic carbocycles. The van der Waals surface area contributed by atoms with Crippen molar-refractivity contribution in [3.8, 4) is 22.8 Å². The van der Waals surface area contributed by atoms with Gasteiger partial charge in [-0.3, -0.25) is 4.79 Å². The first kappa shape index (κ1) is 15.0. The van der Waals surface area contributed by atoms with Crippen LogP contribution in [0, 0.1) is 6.92 Å². The molecule has 4 heteroatoms. The van der Waals surface area contributed by atoms with Crippen molar-refractivity contribution in [1.29, 1.82) is 0 Å². The summed E-state index contributed by atoms with van der Waals surface area (Å²) in [4.78, 5) is 16.5. The highest BCUT2D eigenvalue weighted by Gasteiger charge is 2.16. The summed E-state index contributed by atoms with van der Waals surface area (Å²) in [6.07, 6.45) is 1.69. The van der Waals surface area contributed by atoms with E-state index in [4.69, 9.17) is 4.42 Å². The number of nitrogens with one attached hydrogen (secondary N) is 1. The molecule has 1 aromatic heterocycles. The molecule has 0 aliphatic carbocycles. The van der Waals surface area contributed by atoms with Gasteiger partial charge in [0.1, 0.15) is 0 Å². The second-order valence-corrected chi connectivity index (χ2v) is 5.30. The maximum absolute atomic E-state index is 12.2. The van der Waals surface area contributed by atoms with Crippen molar-refractivity contribution < 1.29 is 9.21 Å². The van der Waals surface area contributed by atoms with Crippen LogP contribution >= 0.6 is 0 Å². The molecule has 1 N–H and O–H groups in total. The quantitative estimate of drug-likeness (QED) is 0.790. The van der Waals surface area contributed by atoms with Gasteiger partial charge in [-0.25, -0.2) is 4.98 Å². The lowest BCUT2D eigenvalue weighted by Crippen LogP contribution is -2.23. The number of aromatic nitrogens is 1. The van der Waals surface area contributed by atoms with E-state index in [1.54, 1.807) is 12.3 Å². The summed E-state index contributed by atoms with van der Waals surface area (Å²) in [6, 6.07) is 15.4. The van der Waals surface area contributed by atoms with Gasteiger partial charge in [0, 0.05) is 17.7 Å². The lowest BCUT2D eigenvalue weighted by molar-refractivity contribution is 0.0956. The predicted octanol–water partition coefficient (Wildman–Crippen LogP) is 4.07. The highest BCUT2D eigenvalue weighted by atomic mass is 16.4. The third-order valence-corrected chi connectivity index (χ3v) is 3.58. The summed E-state index contributed by atoms with van der Waals surface area (Å²) in [5.74, 6) is 1.01. The first-order valence-electron chi connectivity index (χ1n) is 7.59. The Balaban J connectivity index is 1.98. The van der Waals surface area contributed by atoms with Gasteiger partial charge in [0.15, 0.2) is 5.76 Å². The van der Waals surface area contributed by atoms with Crippen LogP contribution in [-0.4, -0.2) is 17.4 Å². The maximum atomic E-state index is 12.2. The third-order valence-electron chi connectivity index (χ3n) is 3.58. The standard InChI is InChI=1S/C19H18N2O2/c1-3-20-18(22)15-6-4-5-7-16(15)19-21-12-17(23-19)14-10-8-13(2)9-11-14/h4-12H,3H2,1-2H3,(H,20,22). The Hall–Kier alpha value is -2.88. The molecule has 0 fully saturated rings. The smallest absolute Gasteiger partial charge is 0.252 e. The number of nitrogens with zero attached hydrogens (tertiary/aromatic N) is 1. The van der Waals surface area contributed by atoms with Gasteiger partial charge >= 0.3 is 0 Å². The largest absolute Gasteiger partial charge is 0.436 e. The minimum atomic E-state index is -0.127. The van der Waals surface area contributed by atoms with Gasteiger partial charge in [0.05, 0.1) is 11.8 Å². The Bertz CT molecular complexity index is 819. The zero-order chi connectivity index (χ0) is 16.2. The molecule has 0 aliphatic heterocycles. The molecule has 1 heterocycles. The number of oxazole rings is 1. The van der Waals surface area contributed by atoms with Gasteiger partial charge in [0.2, 0.25) is 5.89 Å². The van der Waals surface area contributed by atoms with E-state index in [0.717, 1.165) is 5.56 Å². The van der Waals surface area contributed by atoms with Crippen LogP contribution in [0.4, 0.5) is 0 Å². The van der Waals surface area contributed by atoms with Crippen molar-refractivity contribution in [3.05, 3.63) is 65.9 Å². The number of hydrogen-bond acceptors (Lipinski definition) is 3. The van der Waals surface area contributed by atoms with Crippen LogP contribution in [-0.2, 0) is 0 Å². The number of hydrogen-bond donors (Lipinski definition) is 1. The van der Waals surface area contributed by atoms with Crippen LogP contribution in [0.1, 0.15) is 22.8 Å². The minimum absolute atomic E-state index is 0.127. The molecule has 0 aliphatic rings. The summed E-state index contributed by atoms with van der Waals surface area (Å²) in [5.41, 5.74) is 3.41. The molecule has 23 heavy (non-hydrogen) atoms. The van der Waals surface area contributed by atoms with Crippen LogP contribution in [0.25, 0.3) is 22.8 Å². The molecular weight excluding hydrogens is 288 g/mol. The average Bonchev–Trinajstić information content (AvgIpc) is 3.05. The summed E-state index contributed by atoms with van der Waals surface area (Å²) in [7, 11) is 0. The Morgan fingerprint density at radius 3 is 2.61 bits per heavy atom. The molecule has 0 unspecified atom stereocenters. The second kappa shape index (κ2) is 6.48. The molecule has 0 spiro atoms. The fraction of sp³-hybridized carbons (Fsp3) is 0.158. The number of benzene rings is 2. The molecule has 116 valence electrons. The Morgan fingerprint density at radius 1 is 1.13 bits per heavy atom. The number of carbonyl (C=O) groups excluding carboxylic acids is 1. The van der Waals surface area contributed by atoms with Gasteiger partial charge in [-0.1, -0.05) is 42.0 Å². The molecule has 1 amide bonds. The van der Waals surface area contributed by atoms with E-state index >= 15 is 0 Å². The normalized spacial score (nSPS) is 10.5. The van der Waals surface area contributed by atoms with Crippen LogP contribution in [0.2, 0.25) is 0 Å². The highest BCUT2D eigenvalue weighted by Crippen LogP contribution is 2.28. The van der Waals surface area contributed by atoms with Gasteiger partial charge in [0.25, 0.3) is 5.91 Å². The second-order valence-electron chi connectivity index (χ2n) is 5.30. The van der Waals surface area contributed by atoms with Crippen molar-refractivity contribution in [3.63, 3.8) is 0 Å².